The number of nitro groups is 1. The Morgan fingerprint density at radius 1 is 1.16 bits per heavy atom. The molecule has 0 aliphatic rings. The van der Waals surface area contributed by atoms with Gasteiger partial charge in [-0.25, -0.2) is 0 Å². The monoisotopic (exact) mass is 443 g/mol. The summed E-state index contributed by atoms with van der Waals surface area (Å²) < 4.78 is 10.5. The van der Waals surface area contributed by atoms with Gasteiger partial charge in [0.2, 0.25) is 17.7 Å². The molecule has 0 aliphatic carbocycles. The summed E-state index contributed by atoms with van der Waals surface area (Å²) in [5.74, 6) is -0.183. The predicted octanol–water partition coefficient (Wildman–Crippen LogP) is 3.34. The van der Waals surface area contributed by atoms with Crippen molar-refractivity contribution in [3.63, 3.8) is 0 Å². The van der Waals surface area contributed by atoms with Gasteiger partial charge in [-0.15, -0.1) is 10.2 Å². The van der Waals surface area contributed by atoms with Crippen LogP contribution in [-0.4, -0.2) is 39.8 Å². The number of anilines is 2. The van der Waals surface area contributed by atoms with Gasteiger partial charge >= 0.3 is 0 Å². The van der Waals surface area contributed by atoms with Gasteiger partial charge in [0.15, 0.2) is 0 Å². The number of aromatic nitrogens is 2. The summed E-state index contributed by atoms with van der Waals surface area (Å²) in [7, 11) is 1.39. The van der Waals surface area contributed by atoms with E-state index in [2.05, 4.69) is 20.8 Å². The van der Waals surface area contributed by atoms with Crippen molar-refractivity contribution in [3.8, 4) is 17.2 Å². The molecular formula is C19H17N5O6S. The van der Waals surface area contributed by atoms with Crippen LogP contribution in [0.15, 0.2) is 52.1 Å². The first kappa shape index (κ1) is 21.8. The first-order valence-corrected chi connectivity index (χ1v) is 9.81. The maximum Gasteiger partial charge on any atom is 0.296 e. The highest BCUT2D eigenvalue weighted by molar-refractivity contribution is 7.99. The fourth-order valence-corrected chi connectivity index (χ4v) is 3.06. The summed E-state index contributed by atoms with van der Waals surface area (Å²) in [5, 5.41) is 24.3. The van der Waals surface area contributed by atoms with E-state index in [1.54, 1.807) is 24.3 Å². The number of ether oxygens (including phenoxy) is 1. The molecule has 0 bridgehead atoms. The average Bonchev–Trinajstić information content (AvgIpc) is 3.21. The number of carbonyl (C=O) groups excluding carboxylic acids is 2. The Labute approximate surface area is 180 Å². The van der Waals surface area contributed by atoms with E-state index >= 15 is 0 Å². The lowest BCUT2D eigenvalue weighted by molar-refractivity contribution is -0.384. The van der Waals surface area contributed by atoms with Gasteiger partial charge in [0.05, 0.1) is 23.9 Å². The minimum atomic E-state index is -0.604. The third-order valence-electron chi connectivity index (χ3n) is 3.86. The second-order valence-corrected chi connectivity index (χ2v) is 7.04. The van der Waals surface area contributed by atoms with Crippen molar-refractivity contribution in [1.29, 1.82) is 0 Å². The number of nitrogens with one attached hydrogen (secondary N) is 2. The quantitative estimate of drug-likeness (QED) is 0.303. The molecule has 0 radical (unpaired) electrons. The van der Waals surface area contributed by atoms with Crippen molar-refractivity contribution in [2.24, 2.45) is 0 Å². The smallest absolute Gasteiger partial charge is 0.296 e. The van der Waals surface area contributed by atoms with E-state index in [1.165, 1.54) is 32.2 Å². The minimum absolute atomic E-state index is 0.0573. The van der Waals surface area contributed by atoms with E-state index in [4.69, 9.17) is 9.15 Å². The zero-order chi connectivity index (χ0) is 22.4. The summed E-state index contributed by atoms with van der Waals surface area (Å²) in [6, 6.07) is 11.0. The van der Waals surface area contributed by atoms with Gasteiger partial charge in [0, 0.05) is 18.2 Å². The van der Waals surface area contributed by atoms with Crippen LogP contribution in [0.3, 0.4) is 0 Å². The molecule has 0 fully saturated rings. The molecule has 2 N–H and O–H groups in total. The van der Waals surface area contributed by atoms with Crippen molar-refractivity contribution >= 4 is 40.6 Å². The molecular weight excluding hydrogens is 426 g/mol. The number of nitro benzene ring substituents is 1. The van der Waals surface area contributed by atoms with E-state index in [0.29, 0.717) is 17.0 Å². The highest BCUT2D eigenvalue weighted by atomic mass is 32.2. The van der Waals surface area contributed by atoms with Crippen molar-refractivity contribution in [2.75, 3.05) is 23.5 Å². The number of hydrogen-bond acceptors (Lipinski definition) is 9. The standard InChI is InChI=1S/C19H17N5O6S/c1-11(25)20-13-5-3-12(4-6-13)18-22-23-19(30-18)31-10-17(26)21-15-8-7-14(29-2)9-16(15)24(27)28/h3-9H,10H2,1-2H3,(H,20,25)(H,21,26). The molecule has 2 aromatic carbocycles. The number of rotatable bonds is 8. The van der Waals surface area contributed by atoms with Crippen LogP contribution in [0.5, 0.6) is 5.75 Å². The van der Waals surface area contributed by atoms with Gasteiger partial charge in [-0.2, -0.15) is 0 Å². The van der Waals surface area contributed by atoms with Crippen LogP contribution in [-0.2, 0) is 9.59 Å². The first-order valence-electron chi connectivity index (χ1n) is 8.82. The lowest BCUT2D eigenvalue weighted by Gasteiger charge is -2.06. The summed E-state index contributed by atoms with van der Waals surface area (Å²) in [6.07, 6.45) is 0. The Bertz CT molecular complexity index is 1120. The van der Waals surface area contributed by atoms with Crippen LogP contribution < -0.4 is 15.4 Å². The molecule has 0 unspecified atom stereocenters. The lowest BCUT2D eigenvalue weighted by Crippen LogP contribution is -2.15. The normalized spacial score (nSPS) is 10.4. The van der Waals surface area contributed by atoms with Gasteiger partial charge in [0.1, 0.15) is 11.4 Å². The summed E-state index contributed by atoms with van der Waals surface area (Å²) in [6.45, 7) is 1.42. The van der Waals surface area contributed by atoms with Crippen LogP contribution in [0.2, 0.25) is 0 Å². The third-order valence-corrected chi connectivity index (χ3v) is 4.68. The molecule has 1 heterocycles. The second kappa shape index (κ2) is 9.71. The molecule has 1 aromatic heterocycles. The minimum Gasteiger partial charge on any atom is -0.496 e. The van der Waals surface area contributed by atoms with E-state index in [0.717, 1.165) is 11.8 Å². The summed E-state index contributed by atoms with van der Waals surface area (Å²) in [4.78, 5) is 33.9. The predicted molar refractivity (Wildman–Crippen MR) is 113 cm³/mol. The number of carbonyl (C=O) groups is 2. The molecule has 3 rings (SSSR count). The number of benzene rings is 2. The van der Waals surface area contributed by atoms with E-state index < -0.39 is 10.8 Å². The number of nitrogens with zero attached hydrogens (tertiary/aromatic N) is 3. The number of hydrogen-bond donors (Lipinski definition) is 2. The molecule has 0 saturated carbocycles. The number of methoxy groups -OCH3 is 1. The Morgan fingerprint density at radius 2 is 1.90 bits per heavy atom. The Morgan fingerprint density at radius 3 is 2.55 bits per heavy atom. The fraction of sp³-hybridized carbons (Fsp3) is 0.158. The van der Waals surface area contributed by atoms with Crippen LogP contribution in [0.25, 0.3) is 11.5 Å². The molecule has 2 amide bonds. The Balaban J connectivity index is 1.60. The topological polar surface area (TPSA) is 149 Å². The van der Waals surface area contributed by atoms with E-state index in [9.17, 15) is 19.7 Å². The largest absolute Gasteiger partial charge is 0.496 e. The van der Waals surface area contributed by atoms with Gasteiger partial charge < -0.3 is 19.8 Å². The van der Waals surface area contributed by atoms with Gasteiger partial charge in [-0.1, -0.05) is 11.8 Å². The summed E-state index contributed by atoms with van der Waals surface area (Å²) in [5.41, 5.74) is 1.06. The fourth-order valence-electron chi connectivity index (χ4n) is 2.49. The van der Waals surface area contributed by atoms with E-state index in [-0.39, 0.29) is 34.1 Å². The highest BCUT2D eigenvalue weighted by Gasteiger charge is 2.18. The maximum atomic E-state index is 12.2. The molecule has 12 heteroatoms. The first-order chi connectivity index (χ1) is 14.9. The molecule has 0 atom stereocenters. The highest BCUT2D eigenvalue weighted by Crippen LogP contribution is 2.29. The molecule has 0 aliphatic heterocycles. The lowest BCUT2D eigenvalue weighted by atomic mass is 10.2. The molecule has 11 nitrogen and oxygen atoms in total. The van der Waals surface area contributed by atoms with Gasteiger partial charge in [-0.05, 0) is 36.4 Å². The van der Waals surface area contributed by atoms with Gasteiger partial charge in [-0.3, -0.25) is 19.7 Å². The average molecular weight is 443 g/mol. The van der Waals surface area contributed by atoms with Crippen molar-refractivity contribution < 1.29 is 23.7 Å². The van der Waals surface area contributed by atoms with Crippen molar-refractivity contribution in [2.45, 2.75) is 12.1 Å². The maximum absolute atomic E-state index is 12.2. The SMILES string of the molecule is COc1ccc(NC(=O)CSc2nnc(-c3ccc(NC(C)=O)cc3)o2)c([N+](=O)[O-])c1. The van der Waals surface area contributed by atoms with Gasteiger partial charge in [0.25, 0.3) is 10.9 Å². The number of thioether (sulfide) groups is 1. The molecule has 160 valence electrons. The van der Waals surface area contributed by atoms with Crippen LogP contribution in [0, 0.1) is 10.1 Å². The zero-order valence-corrected chi connectivity index (χ0v) is 17.3. The molecule has 3 aromatic rings. The Kier molecular flexibility index (Phi) is 6.82. The summed E-state index contributed by atoms with van der Waals surface area (Å²) >= 11 is 0.993. The van der Waals surface area contributed by atoms with Crippen molar-refractivity contribution in [1.82, 2.24) is 10.2 Å². The molecule has 0 saturated heterocycles. The van der Waals surface area contributed by atoms with E-state index in [1.807, 2.05) is 0 Å². The third kappa shape index (κ3) is 5.79. The Hall–Kier alpha value is -3.93. The second-order valence-electron chi connectivity index (χ2n) is 6.11. The number of amides is 2. The van der Waals surface area contributed by atoms with Crippen molar-refractivity contribution in [3.05, 3.63) is 52.6 Å². The molecule has 0 spiro atoms. The van der Waals surface area contributed by atoms with Crippen LogP contribution in [0.4, 0.5) is 17.1 Å². The molecule has 31 heavy (non-hydrogen) atoms. The van der Waals surface area contributed by atoms with Crippen LogP contribution >= 0.6 is 11.8 Å². The van der Waals surface area contributed by atoms with Crippen LogP contribution in [0.1, 0.15) is 6.92 Å². The zero-order valence-electron chi connectivity index (χ0n) is 16.4.